The van der Waals surface area contributed by atoms with Gasteiger partial charge < -0.3 is 5.11 Å². The summed E-state index contributed by atoms with van der Waals surface area (Å²) in [4.78, 5) is 0. The van der Waals surface area contributed by atoms with Gasteiger partial charge >= 0.3 is 0 Å². The molecule has 0 bridgehead atoms. The first-order valence-corrected chi connectivity index (χ1v) is 6.35. The lowest BCUT2D eigenvalue weighted by Crippen LogP contribution is -2.07. The predicted octanol–water partition coefficient (Wildman–Crippen LogP) is 4.14. The van der Waals surface area contributed by atoms with Gasteiger partial charge in [0.2, 0.25) is 0 Å². The van der Waals surface area contributed by atoms with Crippen molar-refractivity contribution >= 4 is 15.9 Å². The molecule has 0 fully saturated rings. The van der Waals surface area contributed by atoms with Crippen LogP contribution in [0.4, 0.5) is 13.2 Å². The minimum Gasteiger partial charge on any atom is -0.388 e. The Balaban J connectivity index is 2.28. The fourth-order valence-electron chi connectivity index (χ4n) is 1.78. The van der Waals surface area contributed by atoms with Gasteiger partial charge in [0.1, 0.15) is 0 Å². The molecule has 0 spiro atoms. The molecule has 0 saturated heterocycles. The lowest BCUT2D eigenvalue weighted by Gasteiger charge is -2.13. The van der Waals surface area contributed by atoms with Crippen molar-refractivity contribution < 1.29 is 18.3 Å². The van der Waals surface area contributed by atoms with Gasteiger partial charge in [-0.1, -0.05) is 40.2 Å². The molecule has 19 heavy (non-hydrogen) atoms. The molecule has 0 aliphatic rings. The first-order valence-electron chi connectivity index (χ1n) is 5.55. The van der Waals surface area contributed by atoms with Gasteiger partial charge in [0.25, 0.3) is 0 Å². The third-order valence-electron chi connectivity index (χ3n) is 2.80. The molecule has 0 radical (unpaired) electrons. The molecule has 1 nitrogen and oxygen atoms in total. The van der Waals surface area contributed by atoms with Crippen LogP contribution in [0.15, 0.2) is 40.9 Å². The van der Waals surface area contributed by atoms with Crippen molar-refractivity contribution in [2.24, 2.45) is 0 Å². The summed E-state index contributed by atoms with van der Waals surface area (Å²) in [5.74, 6) is -4.18. The summed E-state index contributed by atoms with van der Waals surface area (Å²) in [6.45, 7) is 0. The molecular formula is C14H10BrF3O. The Bertz CT molecular complexity index is 601. The molecule has 0 aliphatic heterocycles. The van der Waals surface area contributed by atoms with Crippen molar-refractivity contribution in [2.45, 2.75) is 12.5 Å². The molecule has 2 aromatic rings. The van der Waals surface area contributed by atoms with Crippen LogP contribution in [0, 0.1) is 17.5 Å². The highest BCUT2D eigenvalue weighted by molar-refractivity contribution is 9.10. The number of hydrogen-bond acceptors (Lipinski definition) is 1. The fraction of sp³-hybridized carbons (Fsp3) is 0.143. The van der Waals surface area contributed by atoms with Crippen LogP contribution in [0.1, 0.15) is 17.2 Å². The molecule has 0 saturated carbocycles. The van der Waals surface area contributed by atoms with Gasteiger partial charge in [0.15, 0.2) is 17.5 Å². The minimum absolute atomic E-state index is 0.101. The molecule has 5 heteroatoms. The largest absolute Gasteiger partial charge is 0.388 e. The lowest BCUT2D eigenvalue weighted by molar-refractivity contribution is 0.171. The van der Waals surface area contributed by atoms with E-state index in [4.69, 9.17) is 0 Å². The summed E-state index contributed by atoms with van der Waals surface area (Å²) in [7, 11) is 0. The van der Waals surface area contributed by atoms with Gasteiger partial charge in [-0.05, 0) is 17.7 Å². The van der Waals surface area contributed by atoms with Crippen molar-refractivity contribution in [2.75, 3.05) is 0 Å². The Kier molecular flexibility index (Phi) is 4.27. The standard InChI is InChI=1S/C14H10BrF3O/c15-10-4-2-1-3-8(10)7-12(19)9-5-6-11(16)14(18)13(9)17/h1-6,12,19H,7H2. The van der Waals surface area contributed by atoms with Crippen molar-refractivity contribution in [3.63, 3.8) is 0 Å². The molecule has 2 aromatic carbocycles. The highest BCUT2D eigenvalue weighted by Crippen LogP contribution is 2.26. The Labute approximate surface area is 116 Å². The SMILES string of the molecule is OC(Cc1ccccc1Br)c1ccc(F)c(F)c1F. The second kappa shape index (κ2) is 5.75. The molecule has 100 valence electrons. The smallest absolute Gasteiger partial charge is 0.194 e. The molecule has 2 rings (SSSR count). The number of benzene rings is 2. The van der Waals surface area contributed by atoms with Crippen LogP contribution in [-0.2, 0) is 6.42 Å². The maximum atomic E-state index is 13.5. The van der Waals surface area contributed by atoms with Crippen LogP contribution in [-0.4, -0.2) is 5.11 Å². The second-order valence-corrected chi connectivity index (χ2v) is 4.93. The molecule has 0 aliphatic carbocycles. The second-order valence-electron chi connectivity index (χ2n) is 4.08. The zero-order chi connectivity index (χ0) is 14.0. The van der Waals surface area contributed by atoms with Crippen LogP contribution >= 0.6 is 15.9 Å². The van der Waals surface area contributed by atoms with E-state index in [1.807, 2.05) is 0 Å². The minimum atomic E-state index is -1.57. The summed E-state index contributed by atoms with van der Waals surface area (Å²) in [5, 5.41) is 9.94. The Hall–Kier alpha value is -1.33. The van der Waals surface area contributed by atoms with Crippen LogP contribution in [0.2, 0.25) is 0 Å². The first-order chi connectivity index (χ1) is 9.00. The van der Waals surface area contributed by atoms with Gasteiger partial charge in [-0.2, -0.15) is 0 Å². The number of rotatable bonds is 3. The zero-order valence-corrected chi connectivity index (χ0v) is 11.3. The Morgan fingerprint density at radius 2 is 1.68 bits per heavy atom. The molecule has 0 aromatic heterocycles. The van der Waals surface area contributed by atoms with Crippen LogP contribution in [0.5, 0.6) is 0 Å². The molecule has 0 heterocycles. The summed E-state index contributed by atoms with van der Waals surface area (Å²) in [6.07, 6.45) is -1.14. The van der Waals surface area contributed by atoms with E-state index in [9.17, 15) is 18.3 Å². The average Bonchev–Trinajstić information content (AvgIpc) is 2.39. The van der Waals surface area contributed by atoms with Crippen LogP contribution in [0.25, 0.3) is 0 Å². The number of aliphatic hydroxyl groups is 1. The zero-order valence-electron chi connectivity index (χ0n) is 9.71. The number of hydrogen-bond donors (Lipinski definition) is 1. The van der Waals surface area contributed by atoms with Crippen LogP contribution in [0.3, 0.4) is 0 Å². The number of aliphatic hydroxyl groups excluding tert-OH is 1. The van der Waals surface area contributed by atoms with Gasteiger partial charge in [0, 0.05) is 16.5 Å². The van der Waals surface area contributed by atoms with E-state index in [-0.39, 0.29) is 12.0 Å². The maximum Gasteiger partial charge on any atom is 0.194 e. The maximum absolute atomic E-state index is 13.5. The van der Waals surface area contributed by atoms with E-state index in [1.54, 1.807) is 24.3 Å². The van der Waals surface area contributed by atoms with Crippen molar-refractivity contribution in [1.29, 1.82) is 0 Å². The van der Waals surface area contributed by atoms with E-state index >= 15 is 0 Å². The van der Waals surface area contributed by atoms with E-state index in [0.29, 0.717) is 0 Å². The molecular weight excluding hydrogens is 321 g/mol. The molecule has 1 N–H and O–H groups in total. The Morgan fingerprint density at radius 3 is 2.37 bits per heavy atom. The van der Waals surface area contributed by atoms with E-state index in [1.165, 1.54) is 0 Å². The quantitative estimate of drug-likeness (QED) is 0.838. The average molecular weight is 331 g/mol. The summed E-state index contributed by atoms with van der Waals surface area (Å²) < 4.78 is 40.2. The van der Waals surface area contributed by atoms with E-state index in [2.05, 4.69) is 15.9 Å². The highest BCUT2D eigenvalue weighted by atomic mass is 79.9. The highest BCUT2D eigenvalue weighted by Gasteiger charge is 2.19. The monoisotopic (exact) mass is 330 g/mol. The van der Waals surface area contributed by atoms with E-state index < -0.39 is 23.6 Å². The summed E-state index contributed by atoms with van der Waals surface area (Å²) in [6, 6.07) is 8.97. The van der Waals surface area contributed by atoms with Crippen LogP contribution < -0.4 is 0 Å². The number of halogens is 4. The van der Waals surface area contributed by atoms with Gasteiger partial charge in [-0.3, -0.25) is 0 Å². The topological polar surface area (TPSA) is 20.2 Å². The van der Waals surface area contributed by atoms with Gasteiger partial charge in [-0.15, -0.1) is 0 Å². The van der Waals surface area contributed by atoms with Gasteiger partial charge in [0.05, 0.1) is 6.10 Å². The normalized spacial score (nSPS) is 12.5. The van der Waals surface area contributed by atoms with E-state index in [0.717, 1.165) is 22.2 Å². The predicted molar refractivity (Wildman–Crippen MR) is 69.1 cm³/mol. The third kappa shape index (κ3) is 2.98. The van der Waals surface area contributed by atoms with Gasteiger partial charge in [-0.25, -0.2) is 13.2 Å². The summed E-state index contributed by atoms with van der Waals surface area (Å²) in [5.41, 5.74) is 0.494. The first kappa shape index (κ1) is 14.1. The lowest BCUT2D eigenvalue weighted by atomic mass is 10.0. The third-order valence-corrected chi connectivity index (χ3v) is 3.57. The van der Waals surface area contributed by atoms with Crippen molar-refractivity contribution in [1.82, 2.24) is 0 Å². The van der Waals surface area contributed by atoms with Crippen molar-refractivity contribution in [3.05, 3.63) is 69.4 Å². The van der Waals surface area contributed by atoms with Crippen molar-refractivity contribution in [3.8, 4) is 0 Å². The Morgan fingerprint density at radius 1 is 1.00 bits per heavy atom. The molecule has 1 atom stereocenters. The molecule has 1 unspecified atom stereocenters. The molecule has 0 amide bonds. The summed E-state index contributed by atoms with van der Waals surface area (Å²) >= 11 is 3.30. The fourth-order valence-corrected chi connectivity index (χ4v) is 2.23.